The standard InChI is InChI=1S/La.Mg.5O.Ta/q+3;+2;5*-2;+5. The van der Waals surface area contributed by atoms with Crippen LogP contribution in [0.3, 0.4) is 0 Å². The Balaban J connectivity index is 0. The Hall–Kier alpha value is 2.50. The smallest absolute Gasteiger partial charge is 2.00 e. The first-order valence-electron chi connectivity index (χ1n) is 0. The van der Waals surface area contributed by atoms with E-state index in [0.29, 0.717) is 0 Å². The normalized spacial score (nSPS) is 0. The summed E-state index contributed by atoms with van der Waals surface area (Å²) in [6, 6.07) is 0. The zero-order valence-electron chi connectivity index (χ0n) is 3.77. The van der Waals surface area contributed by atoms with Crippen LogP contribution in [0.2, 0.25) is 0 Å². The van der Waals surface area contributed by atoms with Crippen molar-refractivity contribution in [2.45, 2.75) is 0 Å². The molecule has 0 fully saturated rings. The van der Waals surface area contributed by atoms with Gasteiger partial charge in [0.25, 0.3) is 0 Å². The minimum Gasteiger partial charge on any atom is -2.00 e. The van der Waals surface area contributed by atoms with E-state index in [1.807, 2.05) is 0 Å². The quantitative estimate of drug-likeness (QED) is 0.441. The monoisotopic (exact) mass is 424 g/mol. The second-order valence-corrected chi connectivity index (χ2v) is 0. The van der Waals surface area contributed by atoms with Gasteiger partial charge in [-0.05, 0) is 0 Å². The summed E-state index contributed by atoms with van der Waals surface area (Å²) in [6.07, 6.45) is 0. The summed E-state index contributed by atoms with van der Waals surface area (Å²) < 4.78 is 0. The minimum atomic E-state index is 0. The molecule has 0 saturated heterocycles. The Morgan fingerprint density at radius 2 is 0.500 bits per heavy atom. The second-order valence-electron chi connectivity index (χ2n) is 0. The predicted molar refractivity (Wildman–Crippen MR) is 9.19 cm³/mol. The van der Waals surface area contributed by atoms with Gasteiger partial charge >= 0.3 is 81.0 Å². The summed E-state index contributed by atoms with van der Waals surface area (Å²) in [4.78, 5) is 0. The van der Waals surface area contributed by atoms with Crippen molar-refractivity contribution >= 4 is 23.1 Å². The first-order chi connectivity index (χ1) is 0. The van der Waals surface area contributed by atoms with Crippen molar-refractivity contribution in [3.63, 3.8) is 0 Å². The molecule has 0 unspecified atom stereocenters. The molecule has 0 bridgehead atoms. The molecule has 8 heteroatoms. The zero-order chi connectivity index (χ0) is 0. The molecule has 0 aromatic heterocycles. The van der Waals surface area contributed by atoms with Crippen molar-refractivity contribution < 1.29 is 85.4 Å². The molecule has 0 aromatic carbocycles. The van der Waals surface area contributed by atoms with Gasteiger partial charge in [-0.2, -0.15) is 0 Å². The maximum Gasteiger partial charge on any atom is 5.00 e. The Kier molecular flexibility index (Phi) is 2080. The van der Waals surface area contributed by atoms with E-state index < -0.39 is 0 Å². The predicted octanol–water partition coefficient (Wildman–Crippen LogP) is -0.977. The summed E-state index contributed by atoms with van der Waals surface area (Å²) >= 11 is 0. The van der Waals surface area contributed by atoms with Crippen molar-refractivity contribution in [1.82, 2.24) is 0 Å². The van der Waals surface area contributed by atoms with Crippen molar-refractivity contribution in [1.29, 1.82) is 0 Å². The fraction of sp³-hybridized carbons (Fsp3) is 0. The fourth-order valence-corrected chi connectivity index (χ4v) is 0. The topological polar surface area (TPSA) is 142 Å². The molecular formula is LaMgO5Ta. The van der Waals surface area contributed by atoms with Gasteiger partial charge < -0.3 is 27.4 Å². The molecule has 0 atom stereocenters. The van der Waals surface area contributed by atoms with Crippen molar-refractivity contribution in [2.24, 2.45) is 0 Å². The summed E-state index contributed by atoms with van der Waals surface area (Å²) in [5.74, 6) is 0. The molecule has 0 radical (unpaired) electrons. The van der Waals surface area contributed by atoms with Crippen molar-refractivity contribution in [3.05, 3.63) is 0 Å². The summed E-state index contributed by atoms with van der Waals surface area (Å²) in [5.41, 5.74) is 0. The van der Waals surface area contributed by atoms with Gasteiger partial charge in [-0.15, -0.1) is 0 Å². The fourth-order valence-electron chi connectivity index (χ4n) is 0. The third kappa shape index (κ3) is 76.5. The Morgan fingerprint density at radius 3 is 0.500 bits per heavy atom. The molecule has 0 heterocycles. The molecule has 0 aliphatic heterocycles. The van der Waals surface area contributed by atoms with E-state index in [1.54, 1.807) is 0 Å². The summed E-state index contributed by atoms with van der Waals surface area (Å²) in [5, 5.41) is 0. The molecular weight excluding hydrogens is 424 g/mol. The summed E-state index contributed by atoms with van der Waals surface area (Å²) in [7, 11) is 0. The van der Waals surface area contributed by atoms with E-state index in [-0.39, 0.29) is 108 Å². The number of hydrogen-bond donors (Lipinski definition) is 0. The molecule has 40 valence electrons. The Labute approximate surface area is 107 Å². The van der Waals surface area contributed by atoms with E-state index in [4.69, 9.17) is 0 Å². The van der Waals surface area contributed by atoms with Gasteiger partial charge in [-0.1, -0.05) is 0 Å². The molecule has 0 aliphatic rings. The van der Waals surface area contributed by atoms with E-state index in [2.05, 4.69) is 0 Å². The largest absolute Gasteiger partial charge is 5.00 e. The molecule has 0 amide bonds. The van der Waals surface area contributed by atoms with Crippen LogP contribution in [0.25, 0.3) is 0 Å². The van der Waals surface area contributed by atoms with Crippen molar-refractivity contribution in [3.8, 4) is 0 Å². The van der Waals surface area contributed by atoms with E-state index in [0.717, 1.165) is 0 Å². The van der Waals surface area contributed by atoms with Gasteiger partial charge in [0.15, 0.2) is 0 Å². The van der Waals surface area contributed by atoms with Gasteiger partial charge in [0.2, 0.25) is 0 Å². The average molecular weight is 424 g/mol. The Morgan fingerprint density at radius 1 is 0.500 bits per heavy atom. The third-order valence-electron chi connectivity index (χ3n) is 0. The van der Waals surface area contributed by atoms with Crippen LogP contribution >= 0.6 is 0 Å². The van der Waals surface area contributed by atoms with Gasteiger partial charge in [0.1, 0.15) is 0 Å². The van der Waals surface area contributed by atoms with Crippen LogP contribution in [0.15, 0.2) is 0 Å². The molecule has 5 nitrogen and oxygen atoms in total. The molecule has 0 N–H and O–H groups in total. The number of hydrogen-bond acceptors (Lipinski definition) is 0. The minimum absolute atomic E-state index is 0. The van der Waals surface area contributed by atoms with Crippen LogP contribution in [-0.2, 0) is 49.8 Å². The maximum absolute atomic E-state index is 0. The number of rotatable bonds is 0. The van der Waals surface area contributed by atoms with Gasteiger partial charge in [-0.25, -0.2) is 0 Å². The van der Waals surface area contributed by atoms with Gasteiger partial charge in [0.05, 0.1) is 0 Å². The van der Waals surface area contributed by atoms with E-state index in [1.165, 1.54) is 0 Å². The third-order valence-corrected chi connectivity index (χ3v) is 0. The van der Waals surface area contributed by atoms with E-state index in [9.17, 15) is 0 Å². The van der Waals surface area contributed by atoms with Crippen LogP contribution in [0.5, 0.6) is 0 Å². The van der Waals surface area contributed by atoms with Crippen LogP contribution in [0.1, 0.15) is 0 Å². The first-order valence-corrected chi connectivity index (χ1v) is 0. The maximum atomic E-state index is 0. The SMILES string of the molecule is [La+3].[Mg+2].[O-2].[O-2].[O-2].[O-2].[O-2].[Ta+5]. The molecule has 0 aliphatic carbocycles. The second kappa shape index (κ2) is 110. The molecule has 8 heavy (non-hydrogen) atoms. The first kappa shape index (κ1) is 152. The average Bonchev–Trinajstić information content (AvgIpc) is 0. The van der Waals surface area contributed by atoms with E-state index >= 15 is 0 Å². The molecule has 0 saturated carbocycles. The molecule has 0 aromatic rings. The molecule has 0 rings (SSSR count). The van der Waals surface area contributed by atoms with Crippen LogP contribution < -0.4 is 0 Å². The summed E-state index contributed by atoms with van der Waals surface area (Å²) in [6.45, 7) is 0. The van der Waals surface area contributed by atoms with Gasteiger partial charge in [-0.3, -0.25) is 0 Å². The van der Waals surface area contributed by atoms with Crippen LogP contribution in [0, 0.1) is 35.6 Å². The van der Waals surface area contributed by atoms with Crippen LogP contribution in [0.4, 0.5) is 0 Å². The Bertz CT molecular complexity index is 12.4. The van der Waals surface area contributed by atoms with Crippen molar-refractivity contribution in [2.75, 3.05) is 0 Å². The van der Waals surface area contributed by atoms with Gasteiger partial charge in [0, 0.05) is 0 Å². The molecule has 0 spiro atoms. The van der Waals surface area contributed by atoms with Crippen LogP contribution in [-0.4, -0.2) is 23.1 Å². The zero-order valence-corrected chi connectivity index (χ0v) is 12.0.